The van der Waals surface area contributed by atoms with Crippen molar-refractivity contribution >= 4 is 11.0 Å². The number of nitrogens with zero attached hydrogens (tertiary/aromatic N) is 2. The molecule has 1 heterocycles. The second-order valence-electron chi connectivity index (χ2n) is 4.58. The molecule has 0 saturated carbocycles. The van der Waals surface area contributed by atoms with E-state index in [9.17, 15) is 0 Å². The lowest BCUT2D eigenvalue weighted by Gasteiger charge is -2.08. The van der Waals surface area contributed by atoms with E-state index in [1.165, 1.54) is 0 Å². The Labute approximate surface area is 117 Å². The number of fused-ring (bicyclic) bond motifs is 1. The quantitative estimate of drug-likeness (QED) is 0.731. The number of hydrogen-bond acceptors (Lipinski definition) is 3. The first-order valence-corrected chi connectivity index (χ1v) is 6.38. The summed E-state index contributed by atoms with van der Waals surface area (Å²) in [6.07, 6.45) is 0. The Kier molecular flexibility index (Phi) is 3.06. The second-order valence-corrected chi connectivity index (χ2v) is 4.58. The summed E-state index contributed by atoms with van der Waals surface area (Å²) in [7, 11) is 5.30. The van der Waals surface area contributed by atoms with E-state index in [0.717, 1.165) is 33.9 Å². The Bertz CT molecular complexity index is 740. The first-order valence-electron chi connectivity index (χ1n) is 6.38. The highest BCUT2D eigenvalue weighted by Gasteiger charge is 2.11. The molecule has 0 unspecified atom stereocenters. The van der Waals surface area contributed by atoms with Crippen LogP contribution in [0, 0.1) is 0 Å². The topological polar surface area (TPSA) is 36.3 Å². The average molecular weight is 268 g/mol. The fourth-order valence-electron chi connectivity index (χ4n) is 2.34. The molecule has 0 radical (unpaired) electrons. The van der Waals surface area contributed by atoms with Crippen molar-refractivity contribution in [3.8, 4) is 22.9 Å². The maximum Gasteiger partial charge on any atom is 0.141 e. The molecule has 0 atom stereocenters. The summed E-state index contributed by atoms with van der Waals surface area (Å²) in [6.45, 7) is 0. The SMILES string of the molecule is COc1cc(OC)cc(-c2nc3ccccc3n2C)c1. The number of aromatic nitrogens is 2. The van der Waals surface area contributed by atoms with Crippen LogP contribution in [0.4, 0.5) is 0 Å². The fourth-order valence-corrected chi connectivity index (χ4v) is 2.34. The Morgan fingerprint density at radius 1 is 0.950 bits per heavy atom. The van der Waals surface area contributed by atoms with E-state index >= 15 is 0 Å². The van der Waals surface area contributed by atoms with Crippen LogP contribution in [0.15, 0.2) is 42.5 Å². The van der Waals surface area contributed by atoms with Crippen molar-refractivity contribution in [2.45, 2.75) is 0 Å². The van der Waals surface area contributed by atoms with Crippen LogP contribution in [0.5, 0.6) is 11.5 Å². The van der Waals surface area contributed by atoms with Crippen molar-refractivity contribution in [1.29, 1.82) is 0 Å². The molecule has 20 heavy (non-hydrogen) atoms. The van der Waals surface area contributed by atoms with Crippen LogP contribution >= 0.6 is 0 Å². The Hall–Kier alpha value is -2.49. The highest BCUT2D eigenvalue weighted by atomic mass is 16.5. The number of benzene rings is 2. The van der Waals surface area contributed by atoms with E-state index in [1.54, 1.807) is 14.2 Å². The molecule has 3 aromatic rings. The van der Waals surface area contributed by atoms with E-state index in [0.29, 0.717) is 0 Å². The van der Waals surface area contributed by atoms with Crippen LogP contribution in [-0.4, -0.2) is 23.8 Å². The van der Waals surface area contributed by atoms with Crippen LogP contribution in [0.1, 0.15) is 0 Å². The summed E-state index contributed by atoms with van der Waals surface area (Å²) in [5.74, 6) is 2.40. The van der Waals surface area contributed by atoms with Crippen LogP contribution in [0.25, 0.3) is 22.4 Å². The van der Waals surface area contributed by atoms with Gasteiger partial charge in [-0.3, -0.25) is 0 Å². The minimum atomic E-state index is 0.756. The van der Waals surface area contributed by atoms with Gasteiger partial charge in [-0.2, -0.15) is 0 Å². The number of methoxy groups -OCH3 is 2. The van der Waals surface area contributed by atoms with Crippen molar-refractivity contribution in [3.05, 3.63) is 42.5 Å². The number of ether oxygens (including phenoxy) is 2. The zero-order valence-corrected chi connectivity index (χ0v) is 11.8. The van der Waals surface area contributed by atoms with E-state index < -0.39 is 0 Å². The number of aryl methyl sites for hydroxylation is 1. The van der Waals surface area contributed by atoms with Gasteiger partial charge in [0.2, 0.25) is 0 Å². The average Bonchev–Trinajstić information content (AvgIpc) is 2.84. The maximum absolute atomic E-state index is 5.32. The third-order valence-corrected chi connectivity index (χ3v) is 3.40. The minimum Gasteiger partial charge on any atom is -0.497 e. The molecule has 0 amide bonds. The number of imidazole rings is 1. The van der Waals surface area contributed by atoms with Gasteiger partial charge in [0.25, 0.3) is 0 Å². The lowest BCUT2D eigenvalue weighted by atomic mass is 10.2. The van der Waals surface area contributed by atoms with E-state index in [2.05, 4.69) is 15.6 Å². The molecular formula is C16H16N2O2. The minimum absolute atomic E-state index is 0.756. The maximum atomic E-state index is 5.32. The molecule has 0 bridgehead atoms. The van der Waals surface area contributed by atoms with Crippen molar-refractivity contribution < 1.29 is 9.47 Å². The zero-order valence-electron chi connectivity index (χ0n) is 11.8. The molecule has 0 aliphatic rings. The largest absolute Gasteiger partial charge is 0.497 e. The summed E-state index contributed by atoms with van der Waals surface area (Å²) >= 11 is 0. The molecular weight excluding hydrogens is 252 g/mol. The summed E-state index contributed by atoms with van der Waals surface area (Å²) in [5, 5.41) is 0. The van der Waals surface area contributed by atoms with E-state index in [-0.39, 0.29) is 0 Å². The molecule has 4 nitrogen and oxygen atoms in total. The van der Waals surface area contributed by atoms with Crippen molar-refractivity contribution in [3.63, 3.8) is 0 Å². The predicted molar refractivity (Wildman–Crippen MR) is 79.3 cm³/mol. The molecule has 0 fully saturated rings. The molecule has 0 saturated heterocycles. The summed E-state index contributed by atoms with van der Waals surface area (Å²) < 4.78 is 12.7. The van der Waals surface area contributed by atoms with E-state index in [4.69, 9.17) is 9.47 Å². The van der Waals surface area contributed by atoms with Gasteiger partial charge in [0.15, 0.2) is 0 Å². The van der Waals surface area contributed by atoms with Crippen LogP contribution in [-0.2, 0) is 7.05 Å². The Morgan fingerprint density at radius 3 is 2.20 bits per heavy atom. The van der Waals surface area contributed by atoms with Crippen LogP contribution in [0.3, 0.4) is 0 Å². The molecule has 0 aliphatic heterocycles. The van der Waals surface area contributed by atoms with Gasteiger partial charge >= 0.3 is 0 Å². The summed E-state index contributed by atoms with van der Waals surface area (Å²) in [6, 6.07) is 13.9. The summed E-state index contributed by atoms with van der Waals surface area (Å²) in [5.41, 5.74) is 3.05. The molecule has 3 rings (SSSR count). The lowest BCUT2D eigenvalue weighted by molar-refractivity contribution is 0.394. The van der Waals surface area contributed by atoms with Crippen molar-refractivity contribution in [2.24, 2.45) is 7.05 Å². The third-order valence-electron chi connectivity index (χ3n) is 3.40. The summed E-state index contributed by atoms with van der Waals surface area (Å²) in [4.78, 5) is 4.69. The van der Waals surface area contributed by atoms with Gasteiger partial charge in [0.05, 0.1) is 25.3 Å². The lowest BCUT2D eigenvalue weighted by Crippen LogP contribution is -1.94. The van der Waals surface area contributed by atoms with Gasteiger partial charge in [0.1, 0.15) is 17.3 Å². The highest BCUT2D eigenvalue weighted by Crippen LogP contribution is 2.30. The first kappa shape index (κ1) is 12.5. The first-order chi connectivity index (χ1) is 9.72. The van der Waals surface area contributed by atoms with Gasteiger partial charge in [-0.15, -0.1) is 0 Å². The molecule has 102 valence electrons. The second kappa shape index (κ2) is 4.89. The molecule has 0 spiro atoms. The third kappa shape index (κ3) is 1.99. The van der Waals surface area contributed by atoms with Gasteiger partial charge in [-0.05, 0) is 24.3 Å². The Balaban J connectivity index is 2.22. The van der Waals surface area contributed by atoms with Gasteiger partial charge in [-0.1, -0.05) is 12.1 Å². The number of para-hydroxylation sites is 2. The van der Waals surface area contributed by atoms with Gasteiger partial charge in [-0.25, -0.2) is 4.98 Å². The standard InChI is InChI=1S/C16H16N2O2/c1-18-15-7-5-4-6-14(15)17-16(18)11-8-12(19-2)10-13(9-11)20-3/h4-10H,1-3H3. The zero-order chi connectivity index (χ0) is 14.1. The normalized spacial score (nSPS) is 10.8. The fraction of sp³-hybridized carbons (Fsp3) is 0.188. The van der Waals surface area contributed by atoms with Crippen LogP contribution in [0.2, 0.25) is 0 Å². The van der Waals surface area contributed by atoms with Gasteiger partial charge in [0, 0.05) is 18.7 Å². The van der Waals surface area contributed by atoms with Crippen molar-refractivity contribution in [1.82, 2.24) is 9.55 Å². The molecule has 4 heteroatoms. The van der Waals surface area contributed by atoms with Crippen LogP contribution < -0.4 is 9.47 Å². The molecule has 2 aromatic carbocycles. The smallest absolute Gasteiger partial charge is 0.141 e. The molecule has 1 aromatic heterocycles. The highest BCUT2D eigenvalue weighted by molar-refractivity contribution is 5.80. The van der Waals surface area contributed by atoms with E-state index in [1.807, 2.05) is 43.4 Å². The Morgan fingerprint density at radius 2 is 1.60 bits per heavy atom. The predicted octanol–water partition coefficient (Wildman–Crippen LogP) is 3.26. The monoisotopic (exact) mass is 268 g/mol. The van der Waals surface area contributed by atoms with Gasteiger partial charge < -0.3 is 14.0 Å². The molecule has 0 N–H and O–H groups in total. The number of hydrogen-bond donors (Lipinski definition) is 0. The molecule has 0 aliphatic carbocycles. The number of rotatable bonds is 3. The van der Waals surface area contributed by atoms with Crippen molar-refractivity contribution in [2.75, 3.05) is 14.2 Å².